The van der Waals surface area contributed by atoms with E-state index >= 15 is 0 Å². The summed E-state index contributed by atoms with van der Waals surface area (Å²) in [5, 5.41) is 0. The number of hydrogen-bond acceptors (Lipinski definition) is 1. The maximum atomic E-state index is 12.2. The Balaban J connectivity index is 1.61. The lowest BCUT2D eigenvalue weighted by Gasteiger charge is -2.09. The van der Waals surface area contributed by atoms with Crippen LogP contribution in [0.3, 0.4) is 0 Å². The van der Waals surface area contributed by atoms with Gasteiger partial charge in [-0.15, -0.1) is 0 Å². The van der Waals surface area contributed by atoms with Gasteiger partial charge in [-0.05, 0) is 41.9 Å². The van der Waals surface area contributed by atoms with Gasteiger partial charge in [0.2, 0.25) is 0 Å². The molecule has 1 saturated carbocycles. The zero-order valence-electron chi connectivity index (χ0n) is 13.5. The SMILES string of the molecule is CC1CC(CCc2ccc(-c3ccccc3)cc2)C(=O)C1C. The number of rotatable bonds is 4. The zero-order valence-corrected chi connectivity index (χ0v) is 13.5. The normalized spacial score (nSPS) is 24.6. The van der Waals surface area contributed by atoms with Crippen molar-refractivity contribution in [1.82, 2.24) is 0 Å². The Morgan fingerprint density at radius 1 is 0.909 bits per heavy atom. The average molecular weight is 292 g/mol. The van der Waals surface area contributed by atoms with Crippen molar-refractivity contribution in [3.05, 3.63) is 60.2 Å². The van der Waals surface area contributed by atoms with Gasteiger partial charge in [-0.2, -0.15) is 0 Å². The molecule has 114 valence electrons. The quantitative estimate of drug-likeness (QED) is 0.762. The molecule has 22 heavy (non-hydrogen) atoms. The van der Waals surface area contributed by atoms with Crippen LogP contribution in [0.2, 0.25) is 0 Å². The molecule has 0 saturated heterocycles. The van der Waals surface area contributed by atoms with E-state index in [1.165, 1.54) is 16.7 Å². The van der Waals surface area contributed by atoms with E-state index in [-0.39, 0.29) is 11.8 Å². The van der Waals surface area contributed by atoms with Gasteiger partial charge in [0.25, 0.3) is 0 Å². The van der Waals surface area contributed by atoms with Crippen LogP contribution in [-0.2, 0) is 11.2 Å². The first-order chi connectivity index (χ1) is 10.6. The third-order valence-electron chi connectivity index (χ3n) is 5.20. The van der Waals surface area contributed by atoms with E-state index < -0.39 is 0 Å². The lowest BCUT2D eigenvalue weighted by atomic mass is 9.95. The molecule has 1 nitrogen and oxygen atoms in total. The Labute approximate surface area is 133 Å². The van der Waals surface area contributed by atoms with Gasteiger partial charge in [-0.25, -0.2) is 0 Å². The predicted octanol–water partition coefficient (Wildman–Crippen LogP) is 5.15. The highest BCUT2D eigenvalue weighted by molar-refractivity contribution is 5.85. The maximum absolute atomic E-state index is 12.2. The van der Waals surface area contributed by atoms with Crippen LogP contribution < -0.4 is 0 Å². The van der Waals surface area contributed by atoms with Crippen molar-refractivity contribution >= 4 is 5.78 Å². The van der Waals surface area contributed by atoms with Gasteiger partial charge in [-0.1, -0.05) is 68.4 Å². The first-order valence-corrected chi connectivity index (χ1v) is 8.33. The molecule has 3 atom stereocenters. The molecular formula is C21H24O. The highest BCUT2D eigenvalue weighted by Crippen LogP contribution is 2.35. The van der Waals surface area contributed by atoms with E-state index in [1.807, 2.05) is 6.07 Å². The summed E-state index contributed by atoms with van der Waals surface area (Å²) in [6.45, 7) is 4.29. The third-order valence-corrected chi connectivity index (χ3v) is 5.20. The monoisotopic (exact) mass is 292 g/mol. The van der Waals surface area contributed by atoms with Crippen molar-refractivity contribution in [3.8, 4) is 11.1 Å². The maximum Gasteiger partial charge on any atom is 0.139 e. The number of benzene rings is 2. The van der Waals surface area contributed by atoms with Crippen molar-refractivity contribution < 1.29 is 4.79 Å². The smallest absolute Gasteiger partial charge is 0.139 e. The van der Waals surface area contributed by atoms with Gasteiger partial charge in [-0.3, -0.25) is 4.79 Å². The van der Waals surface area contributed by atoms with Gasteiger partial charge in [0.1, 0.15) is 5.78 Å². The highest BCUT2D eigenvalue weighted by atomic mass is 16.1. The van der Waals surface area contributed by atoms with Crippen molar-refractivity contribution in [2.24, 2.45) is 17.8 Å². The fraction of sp³-hybridized carbons (Fsp3) is 0.381. The first kappa shape index (κ1) is 15.0. The second kappa shape index (κ2) is 6.48. The molecule has 0 heterocycles. The summed E-state index contributed by atoms with van der Waals surface area (Å²) in [6, 6.07) is 19.2. The largest absolute Gasteiger partial charge is 0.299 e. The van der Waals surface area contributed by atoms with Crippen LogP contribution in [0.15, 0.2) is 54.6 Å². The van der Waals surface area contributed by atoms with Crippen LogP contribution in [0.25, 0.3) is 11.1 Å². The fourth-order valence-electron chi connectivity index (χ4n) is 3.52. The molecule has 3 rings (SSSR count). The molecule has 0 spiro atoms. The molecule has 0 bridgehead atoms. The first-order valence-electron chi connectivity index (χ1n) is 8.33. The topological polar surface area (TPSA) is 17.1 Å². The van der Waals surface area contributed by atoms with Gasteiger partial charge < -0.3 is 0 Å². The van der Waals surface area contributed by atoms with Crippen molar-refractivity contribution in [2.75, 3.05) is 0 Å². The Hall–Kier alpha value is -1.89. The number of carbonyl (C=O) groups is 1. The lowest BCUT2D eigenvalue weighted by Crippen LogP contribution is -2.13. The molecule has 1 fully saturated rings. The molecule has 0 N–H and O–H groups in total. The van der Waals surface area contributed by atoms with E-state index in [0.29, 0.717) is 11.7 Å². The molecule has 3 unspecified atom stereocenters. The van der Waals surface area contributed by atoms with Crippen LogP contribution >= 0.6 is 0 Å². The van der Waals surface area contributed by atoms with Gasteiger partial charge in [0, 0.05) is 11.8 Å². The molecule has 1 aliphatic carbocycles. The summed E-state index contributed by atoms with van der Waals surface area (Å²) in [4.78, 5) is 12.2. The second-order valence-corrected chi connectivity index (χ2v) is 6.70. The Morgan fingerprint density at radius 2 is 1.55 bits per heavy atom. The molecule has 1 aliphatic rings. The molecule has 0 aromatic heterocycles. The minimum absolute atomic E-state index is 0.255. The summed E-state index contributed by atoms with van der Waals surface area (Å²) in [5.41, 5.74) is 3.84. The number of aryl methyl sites for hydroxylation is 1. The fourth-order valence-corrected chi connectivity index (χ4v) is 3.52. The number of hydrogen-bond donors (Lipinski definition) is 0. The lowest BCUT2D eigenvalue weighted by molar-refractivity contribution is -0.123. The summed E-state index contributed by atoms with van der Waals surface area (Å²) < 4.78 is 0. The van der Waals surface area contributed by atoms with Crippen molar-refractivity contribution in [2.45, 2.75) is 33.1 Å². The number of ketones is 1. The van der Waals surface area contributed by atoms with Crippen LogP contribution in [0.1, 0.15) is 32.3 Å². The second-order valence-electron chi connectivity index (χ2n) is 6.70. The van der Waals surface area contributed by atoms with E-state index in [9.17, 15) is 4.79 Å². The van der Waals surface area contributed by atoms with Crippen LogP contribution in [-0.4, -0.2) is 5.78 Å². The summed E-state index contributed by atoms with van der Waals surface area (Å²) in [7, 11) is 0. The molecule has 2 aromatic rings. The van der Waals surface area contributed by atoms with Crippen LogP contribution in [0.5, 0.6) is 0 Å². The van der Waals surface area contributed by atoms with Crippen LogP contribution in [0, 0.1) is 17.8 Å². The molecule has 1 heteroatoms. The van der Waals surface area contributed by atoms with Gasteiger partial charge in [0.15, 0.2) is 0 Å². The third kappa shape index (κ3) is 3.14. The number of carbonyl (C=O) groups excluding carboxylic acids is 1. The minimum atomic E-state index is 0.255. The number of Topliss-reactive ketones (excluding diaryl/α,β-unsaturated/α-hetero) is 1. The zero-order chi connectivity index (χ0) is 15.5. The Morgan fingerprint density at radius 3 is 2.14 bits per heavy atom. The van der Waals surface area contributed by atoms with Crippen molar-refractivity contribution in [3.63, 3.8) is 0 Å². The summed E-state index contributed by atoms with van der Waals surface area (Å²) in [5.74, 6) is 1.57. The van der Waals surface area contributed by atoms with Crippen LogP contribution in [0.4, 0.5) is 0 Å². The Bertz CT molecular complexity index is 627. The van der Waals surface area contributed by atoms with Crippen molar-refractivity contribution in [1.29, 1.82) is 0 Å². The molecular weight excluding hydrogens is 268 g/mol. The average Bonchev–Trinajstić information content (AvgIpc) is 2.81. The predicted molar refractivity (Wildman–Crippen MR) is 91.6 cm³/mol. The van der Waals surface area contributed by atoms with E-state index in [2.05, 4.69) is 62.4 Å². The van der Waals surface area contributed by atoms with E-state index in [0.717, 1.165) is 19.3 Å². The Kier molecular flexibility index (Phi) is 4.42. The molecule has 0 amide bonds. The van der Waals surface area contributed by atoms with Gasteiger partial charge in [0.05, 0.1) is 0 Å². The standard InChI is InChI=1S/C21H24O/c1-15-14-20(21(22)16(15)2)13-10-17-8-11-19(12-9-17)18-6-4-3-5-7-18/h3-9,11-12,15-16,20H,10,13-14H2,1-2H3. The molecule has 0 radical (unpaired) electrons. The summed E-state index contributed by atoms with van der Waals surface area (Å²) in [6.07, 6.45) is 3.07. The van der Waals surface area contributed by atoms with Gasteiger partial charge >= 0.3 is 0 Å². The molecule has 2 aromatic carbocycles. The molecule has 0 aliphatic heterocycles. The summed E-state index contributed by atoms with van der Waals surface area (Å²) >= 11 is 0. The van der Waals surface area contributed by atoms with E-state index in [4.69, 9.17) is 0 Å². The van der Waals surface area contributed by atoms with E-state index in [1.54, 1.807) is 0 Å². The minimum Gasteiger partial charge on any atom is -0.299 e. The highest BCUT2D eigenvalue weighted by Gasteiger charge is 2.35.